The molecule has 0 saturated carbocycles. The fourth-order valence-electron chi connectivity index (χ4n) is 2.38. The number of carboxylic acids is 1. The number of hydrogen-bond donors (Lipinski definition) is 1. The molecule has 1 N–H and O–H groups in total. The van der Waals surface area contributed by atoms with Crippen molar-refractivity contribution in [2.24, 2.45) is 0 Å². The van der Waals surface area contributed by atoms with Gasteiger partial charge < -0.3 is 14.3 Å². The standard InChI is InChI=1S/C14H15NO6S/c1-8-3-11-12(20-8)4-9(14(16)17)5-13(11)21-10-6-15(7-10)22(2,18)19/h3-5,10H,6-7H2,1-2H3,(H,16,17). The Morgan fingerprint density at radius 2 is 2.05 bits per heavy atom. The predicted molar refractivity (Wildman–Crippen MR) is 78.7 cm³/mol. The van der Waals surface area contributed by atoms with Gasteiger partial charge in [0.05, 0.1) is 30.3 Å². The molecule has 2 aromatic rings. The van der Waals surface area contributed by atoms with Crippen LogP contribution in [0.25, 0.3) is 11.0 Å². The van der Waals surface area contributed by atoms with Gasteiger partial charge >= 0.3 is 5.97 Å². The number of furan rings is 1. The third-order valence-corrected chi connectivity index (χ3v) is 4.78. The first kappa shape index (κ1) is 14.9. The van der Waals surface area contributed by atoms with Gasteiger partial charge in [0.1, 0.15) is 23.2 Å². The maximum Gasteiger partial charge on any atom is 0.335 e. The van der Waals surface area contributed by atoms with E-state index in [0.717, 1.165) is 6.26 Å². The van der Waals surface area contributed by atoms with Crippen LogP contribution in [0.5, 0.6) is 5.75 Å². The SMILES string of the molecule is Cc1cc2c(OC3CN(S(C)(=O)=O)C3)cc(C(=O)O)cc2o1. The zero-order valence-corrected chi connectivity index (χ0v) is 12.9. The molecule has 0 bridgehead atoms. The van der Waals surface area contributed by atoms with Gasteiger partial charge in [-0.25, -0.2) is 13.2 Å². The molecule has 1 saturated heterocycles. The monoisotopic (exact) mass is 325 g/mol. The normalized spacial score (nSPS) is 16.6. The summed E-state index contributed by atoms with van der Waals surface area (Å²) in [6, 6.07) is 4.65. The molecule has 1 aromatic heterocycles. The van der Waals surface area contributed by atoms with Crippen LogP contribution in [0.1, 0.15) is 16.1 Å². The number of nitrogens with zero attached hydrogens (tertiary/aromatic N) is 1. The van der Waals surface area contributed by atoms with Crippen molar-refractivity contribution < 1.29 is 27.5 Å². The summed E-state index contributed by atoms with van der Waals surface area (Å²) >= 11 is 0. The Morgan fingerprint density at radius 1 is 1.36 bits per heavy atom. The molecule has 1 fully saturated rings. The molecule has 0 atom stereocenters. The van der Waals surface area contributed by atoms with E-state index in [0.29, 0.717) is 22.5 Å². The van der Waals surface area contributed by atoms with Crippen molar-refractivity contribution in [2.75, 3.05) is 19.3 Å². The van der Waals surface area contributed by atoms with Crippen LogP contribution in [-0.4, -0.2) is 49.2 Å². The van der Waals surface area contributed by atoms with Crippen molar-refractivity contribution in [1.29, 1.82) is 0 Å². The fraction of sp³-hybridized carbons (Fsp3) is 0.357. The van der Waals surface area contributed by atoms with Gasteiger partial charge in [0.2, 0.25) is 10.0 Å². The van der Waals surface area contributed by atoms with Gasteiger partial charge in [-0.05, 0) is 25.1 Å². The highest BCUT2D eigenvalue weighted by Crippen LogP contribution is 2.32. The highest BCUT2D eigenvalue weighted by molar-refractivity contribution is 7.88. The zero-order valence-electron chi connectivity index (χ0n) is 12.1. The predicted octanol–water partition coefficient (Wildman–Crippen LogP) is 1.46. The van der Waals surface area contributed by atoms with Crippen molar-refractivity contribution in [3.63, 3.8) is 0 Å². The van der Waals surface area contributed by atoms with Gasteiger partial charge in [-0.2, -0.15) is 4.31 Å². The van der Waals surface area contributed by atoms with Gasteiger partial charge in [-0.1, -0.05) is 0 Å². The first-order valence-electron chi connectivity index (χ1n) is 6.63. The molecule has 3 rings (SSSR count). The highest BCUT2D eigenvalue weighted by Gasteiger charge is 2.35. The molecular weight excluding hydrogens is 310 g/mol. The number of benzene rings is 1. The molecule has 1 aliphatic heterocycles. The van der Waals surface area contributed by atoms with Crippen molar-refractivity contribution in [1.82, 2.24) is 4.31 Å². The van der Waals surface area contributed by atoms with Gasteiger partial charge in [0.15, 0.2) is 0 Å². The lowest BCUT2D eigenvalue weighted by atomic mass is 10.1. The molecule has 0 unspecified atom stereocenters. The minimum atomic E-state index is -3.21. The zero-order chi connectivity index (χ0) is 16.1. The number of fused-ring (bicyclic) bond motifs is 1. The summed E-state index contributed by atoms with van der Waals surface area (Å²) in [4.78, 5) is 11.2. The molecule has 0 spiro atoms. The van der Waals surface area contributed by atoms with Crippen LogP contribution >= 0.6 is 0 Å². The number of carboxylic acid groups (broad SMARTS) is 1. The Morgan fingerprint density at radius 3 is 2.64 bits per heavy atom. The lowest BCUT2D eigenvalue weighted by Crippen LogP contribution is -2.55. The van der Waals surface area contributed by atoms with Gasteiger partial charge in [-0.15, -0.1) is 0 Å². The topological polar surface area (TPSA) is 97.0 Å². The molecular formula is C14H15NO6S. The Balaban J connectivity index is 1.89. The van der Waals surface area contributed by atoms with Crippen LogP contribution < -0.4 is 4.74 Å². The number of hydrogen-bond acceptors (Lipinski definition) is 5. The summed E-state index contributed by atoms with van der Waals surface area (Å²) in [5.74, 6) is -0.0363. The average Bonchev–Trinajstić information content (AvgIpc) is 2.71. The molecule has 22 heavy (non-hydrogen) atoms. The molecule has 0 radical (unpaired) electrons. The van der Waals surface area contributed by atoms with E-state index < -0.39 is 16.0 Å². The van der Waals surface area contributed by atoms with E-state index in [1.165, 1.54) is 16.4 Å². The number of sulfonamides is 1. The van der Waals surface area contributed by atoms with Crippen molar-refractivity contribution in [3.05, 3.63) is 29.5 Å². The van der Waals surface area contributed by atoms with Crippen LogP contribution in [0.15, 0.2) is 22.6 Å². The summed E-state index contributed by atoms with van der Waals surface area (Å²) < 4.78 is 35.2. The molecule has 118 valence electrons. The minimum absolute atomic E-state index is 0.0659. The summed E-state index contributed by atoms with van der Waals surface area (Å²) in [6.45, 7) is 2.28. The van der Waals surface area contributed by atoms with Crippen molar-refractivity contribution in [3.8, 4) is 5.75 Å². The lowest BCUT2D eigenvalue weighted by molar-refractivity contribution is 0.0689. The Kier molecular flexibility index (Phi) is 3.37. The van der Waals surface area contributed by atoms with Crippen LogP contribution in [0.2, 0.25) is 0 Å². The number of rotatable bonds is 4. The molecule has 1 aromatic carbocycles. The summed E-state index contributed by atoms with van der Waals surface area (Å²) in [5, 5.41) is 9.83. The second-order valence-corrected chi connectivity index (χ2v) is 7.35. The van der Waals surface area contributed by atoms with Crippen molar-refractivity contribution >= 4 is 27.0 Å². The molecule has 0 aliphatic carbocycles. The Bertz CT molecular complexity index is 848. The lowest BCUT2D eigenvalue weighted by Gasteiger charge is -2.37. The summed E-state index contributed by atoms with van der Waals surface area (Å²) in [5.41, 5.74) is 0.503. The largest absolute Gasteiger partial charge is 0.487 e. The molecule has 1 aliphatic rings. The molecule has 0 amide bonds. The second-order valence-electron chi connectivity index (χ2n) is 5.37. The number of aryl methyl sites for hydroxylation is 1. The maximum absolute atomic E-state index is 11.3. The van der Waals surface area contributed by atoms with E-state index >= 15 is 0 Å². The van der Waals surface area contributed by atoms with E-state index in [2.05, 4.69) is 0 Å². The van der Waals surface area contributed by atoms with E-state index in [-0.39, 0.29) is 24.8 Å². The average molecular weight is 325 g/mol. The van der Waals surface area contributed by atoms with E-state index in [9.17, 15) is 13.2 Å². The quantitative estimate of drug-likeness (QED) is 0.914. The maximum atomic E-state index is 11.3. The third-order valence-electron chi connectivity index (χ3n) is 3.55. The fourth-order valence-corrected chi connectivity index (χ4v) is 3.25. The van der Waals surface area contributed by atoms with Crippen LogP contribution in [-0.2, 0) is 10.0 Å². The first-order chi connectivity index (χ1) is 10.2. The Hall–Kier alpha value is -2.06. The third kappa shape index (κ3) is 2.67. The first-order valence-corrected chi connectivity index (χ1v) is 8.48. The van der Waals surface area contributed by atoms with Crippen LogP contribution in [0.3, 0.4) is 0 Å². The smallest absolute Gasteiger partial charge is 0.335 e. The van der Waals surface area contributed by atoms with Crippen LogP contribution in [0, 0.1) is 6.92 Å². The molecule has 8 heteroatoms. The van der Waals surface area contributed by atoms with Gasteiger partial charge in [-0.3, -0.25) is 0 Å². The molecule has 7 nitrogen and oxygen atoms in total. The van der Waals surface area contributed by atoms with Crippen LogP contribution in [0.4, 0.5) is 0 Å². The number of aromatic carboxylic acids is 1. The van der Waals surface area contributed by atoms with E-state index in [4.69, 9.17) is 14.3 Å². The summed E-state index contributed by atoms with van der Waals surface area (Å²) in [6.07, 6.45) is 0.850. The van der Waals surface area contributed by atoms with E-state index in [1.54, 1.807) is 13.0 Å². The highest BCUT2D eigenvalue weighted by atomic mass is 32.2. The Labute approximate surface area is 127 Å². The number of carbonyl (C=O) groups is 1. The number of ether oxygens (including phenoxy) is 1. The van der Waals surface area contributed by atoms with Crippen molar-refractivity contribution in [2.45, 2.75) is 13.0 Å². The second kappa shape index (κ2) is 4.99. The van der Waals surface area contributed by atoms with Gasteiger partial charge in [0.25, 0.3) is 0 Å². The molecule has 2 heterocycles. The van der Waals surface area contributed by atoms with Gasteiger partial charge in [0, 0.05) is 0 Å². The minimum Gasteiger partial charge on any atom is -0.487 e. The van der Waals surface area contributed by atoms with E-state index in [1.807, 2.05) is 0 Å². The summed E-state index contributed by atoms with van der Waals surface area (Å²) in [7, 11) is -3.21.